The smallest absolute Gasteiger partial charge is 0.266 e. The topological polar surface area (TPSA) is 50.3 Å². The van der Waals surface area contributed by atoms with Crippen LogP contribution in [0.25, 0.3) is 10.2 Å². The predicted octanol–water partition coefficient (Wildman–Crippen LogP) is 6.04. The maximum absolute atomic E-state index is 12.7. The zero-order valence-corrected chi connectivity index (χ0v) is 17.4. The van der Waals surface area contributed by atoms with Gasteiger partial charge in [-0.2, -0.15) is 0 Å². The molecule has 142 valence electrons. The number of hydrogen-bond acceptors (Lipinski definition) is 5. The number of fused-ring (bicyclic) bond motifs is 2. The Bertz CT molecular complexity index is 1250. The largest absolute Gasteiger partial charge is 0.268 e. The predicted molar refractivity (Wildman–Crippen MR) is 118 cm³/mol. The van der Waals surface area contributed by atoms with Gasteiger partial charge in [-0.25, -0.2) is 9.88 Å². The Balaban J connectivity index is 1.42. The number of carbonyl (C=O) groups excluding carboxylic acids is 2. The standard InChI is InChI=1S/C22H13ClN2O2S2/c23-17-8-4-1-5-13(17)12-28-22-24-18-10-9-14(11-19(18)29-22)25-20(26)15-6-2-3-7-16(15)21(25)27/h1-11H,12H2. The van der Waals surface area contributed by atoms with Crippen LogP contribution in [-0.2, 0) is 5.75 Å². The fourth-order valence-electron chi connectivity index (χ4n) is 3.27. The number of rotatable bonds is 4. The van der Waals surface area contributed by atoms with E-state index in [9.17, 15) is 9.59 Å². The summed E-state index contributed by atoms with van der Waals surface area (Å²) in [7, 11) is 0. The van der Waals surface area contributed by atoms with Crippen molar-refractivity contribution in [2.75, 3.05) is 4.90 Å². The molecule has 2 heterocycles. The van der Waals surface area contributed by atoms with E-state index in [1.54, 1.807) is 53.4 Å². The zero-order chi connectivity index (χ0) is 20.0. The highest BCUT2D eigenvalue weighted by atomic mass is 35.5. The van der Waals surface area contributed by atoms with Crippen molar-refractivity contribution >= 4 is 62.4 Å². The first kappa shape index (κ1) is 18.4. The van der Waals surface area contributed by atoms with Crippen LogP contribution in [0.3, 0.4) is 0 Å². The molecule has 5 rings (SSSR count). The van der Waals surface area contributed by atoms with Crippen LogP contribution in [-0.4, -0.2) is 16.8 Å². The maximum atomic E-state index is 12.7. The van der Waals surface area contributed by atoms with Crippen LogP contribution >= 0.6 is 34.7 Å². The molecule has 0 saturated carbocycles. The molecule has 3 aromatic carbocycles. The third-order valence-corrected chi connectivity index (χ3v) is 7.29. The molecule has 1 aliphatic rings. The highest BCUT2D eigenvalue weighted by Crippen LogP contribution is 2.36. The van der Waals surface area contributed by atoms with Gasteiger partial charge in [0.25, 0.3) is 11.8 Å². The molecular formula is C22H13ClN2O2S2. The van der Waals surface area contributed by atoms with E-state index >= 15 is 0 Å². The third kappa shape index (κ3) is 3.23. The van der Waals surface area contributed by atoms with Crippen molar-refractivity contribution in [3.8, 4) is 0 Å². The SMILES string of the molecule is O=C1c2ccccc2C(=O)N1c1ccc2nc(SCc3ccccc3Cl)sc2c1. The lowest BCUT2D eigenvalue weighted by Gasteiger charge is -2.13. The van der Waals surface area contributed by atoms with E-state index in [4.69, 9.17) is 11.6 Å². The Kier molecular flexibility index (Phi) is 4.62. The minimum atomic E-state index is -0.289. The molecule has 7 heteroatoms. The number of anilines is 1. The molecule has 0 atom stereocenters. The highest BCUT2D eigenvalue weighted by Gasteiger charge is 2.36. The monoisotopic (exact) mass is 436 g/mol. The number of imide groups is 1. The van der Waals surface area contributed by atoms with Gasteiger partial charge in [-0.3, -0.25) is 9.59 Å². The minimum Gasteiger partial charge on any atom is -0.268 e. The summed E-state index contributed by atoms with van der Waals surface area (Å²) in [6.45, 7) is 0. The normalized spacial score (nSPS) is 13.3. The Morgan fingerprint density at radius 2 is 1.62 bits per heavy atom. The summed E-state index contributed by atoms with van der Waals surface area (Å²) in [5.74, 6) is 0.149. The number of carbonyl (C=O) groups is 2. The van der Waals surface area contributed by atoms with Crippen molar-refractivity contribution in [1.82, 2.24) is 4.98 Å². The summed E-state index contributed by atoms with van der Waals surface area (Å²) in [5.41, 5.74) is 3.35. The summed E-state index contributed by atoms with van der Waals surface area (Å²) < 4.78 is 1.85. The molecule has 0 bridgehead atoms. The van der Waals surface area contributed by atoms with Gasteiger partial charge in [-0.1, -0.05) is 53.7 Å². The molecule has 0 aliphatic carbocycles. The van der Waals surface area contributed by atoms with Gasteiger partial charge in [0.2, 0.25) is 0 Å². The van der Waals surface area contributed by atoms with Crippen molar-refractivity contribution in [1.29, 1.82) is 0 Å². The van der Waals surface area contributed by atoms with Crippen molar-refractivity contribution in [2.45, 2.75) is 10.1 Å². The van der Waals surface area contributed by atoms with Crippen LogP contribution in [0, 0.1) is 0 Å². The number of amides is 2. The Hall–Kier alpha value is -2.67. The van der Waals surface area contributed by atoms with Gasteiger partial charge in [0.1, 0.15) is 0 Å². The van der Waals surface area contributed by atoms with Gasteiger partial charge >= 0.3 is 0 Å². The quantitative estimate of drug-likeness (QED) is 0.289. The first-order valence-electron chi connectivity index (χ1n) is 8.86. The number of aromatic nitrogens is 1. The summed E-state index contributed by atoms with van der Waals surface area (Å²) in [4.78, 5) is 31.3. The molecule has 4 aromatic rings. The molecule has 1 aromatic heterocycles. The fourth-order valence-corrected chi connectivity index (χ4v) is 5.66. The van der Waals surface area contributed by atoms with E-state index in [1.165, 1.54) is 4.90 Å². The number of benzene rings is 3. The average molecular weight is 437 g/mol. The number of halogens is 1. The number of nitrogens with zero attached hydrogens (tertiary/aromatic N) is 2. The van der Waals surface area contributed by atoms with Crippen molar-refractivity contribution in [2.24, 2.45) is 0 Å². The number of thiazole rings is 1. The molecule has 0 spiro atoms. The molecule has 0 unspecified atom stereocenters. The third-order valence-electron chi connectivity index (χ3n) is 4.71. The van der Waals surface area contributed by atoms with E-state index in [1.807, 2.05) is 36.4 Å². The van der Waals surface area contributed by atoms with Crippen molar-refractivity contribution in [3.05, 3.63) is 88.4 Å². The highest BCUT2D eigenvalue weighted by molar-refractivity contribution is 8.00. The van der Waals surface area contributed by atoms with E-state index < -0.39 is 0 Å². The molecule has 0 N–H and O–H groups in total. The van der Waals surface area contributed by atoms with E-state index in [0.29, 0.717) is 16.8 Å². The molecule has 4 nitrogen and oxygen atoms in total. The zero-order valence-electron chi connectivity index (χ0n) is 15.0. The average Bonchev–Trinajstić information content (AvgIpc) is 3.25. The summed E-state index contributed by atoms with van der Waals surface area (Å²) in [6, 6.07) is 20.1. The first-order valence-corrected chi connectivity index (χ1v) is 11.0. The number of hydrogen-bond donors (Lipinski definition) is 0. The summed E-state index contributed by atoms with van der Waals surface area (Å²) in [6.07, 6.45) is 0. The lowest BCUT2D eigenvalue weighted by atomic mass is 10.1. The lowest BCUT2D eigenvalue weighted by molar-refractivity contribution is 0.0926. The molecule has 0 saturated heterocycles. The van der Waals surface area contributed by atoms with Crippen LogP contribution in [0.4, 0.5) is 5.69 Å². The maximum Gasteiger partial charge on any atom is 0.266 e. The van der Waals surface area contributed by atoms with Gasteiger partial charge in [-0.05, 0) is 42.0 Å². The van der Waals surface area contributed by atoms with Crippen LogP contribution in [0.5, 0.6) is 0 Å². The molecule has 0 radical (unpaired) electrons. The lowest BCUT2D eigenvalue weighted by Crippen LogP contribution is -2.29. The molecule has 1 aliphatic heterocycles. The van der Waals surface area contributed by atoms with Gasteiger partial charge in [0, 0.05) is 10.8 Å². The Labute approximate surface area is 180 Å². The second-order valence-electron chi connectivity index (χ2n) is 6.50. The van der Waals surface area contributed by atoms with Gasteiger partial charge < -0.3 is 0 Å². The molecular weight excluding hydrogens is 424 g/mol. The molecule has 29 heavy (non-hydrogen) atoms. The van der Waals surface area contributed by atoms with Gasteiger partial charge in [-0.15, -0.1) is 11.3 Å². The Morgan fingerprint density at radius 1 is 0.931 bits per heavy atom. The van der Waals surface area contributed by atoms with E-state index in [0.717, 1.165) is 30.9 Å². The van der Waals surface area contributed by atoms with Crippen LogP contribution in [0.1, 0.15) is 26.3 Å². The molecule has 2 amide bonds. The minimum absolute atomic E-state index is 0.289. The summed E-state index contributed by atoms with van der Waals surface area (Å²) >= 11 is 9.39. The van der Waals surface area contributed by atoms with Crippen molar-refractivity contribution in [3.63, 3.8) is 0 Å². The van der Waals surface area contributed by atoms with Crippen molar-refractivity contribution < 1.29 is 9.59 Å². The number of thioether (sulfide) groups is 1. The van der Waals surface area contributed by atoms with E-state index in [2.05, 4.69) is 4.98 Å². The second-order valence-corrected chi connectivity index (χ2v) is 9.16. The second kappa shape index (κ2) is 7.30. The Morgan fingerprint density at radius 3 is 2.34 bits per heavy atom. The van der Waals surface area contributed by atoms with E-state index in [-0.39, 0.29) is 11.8 Å². The van der Waals surface area contributed by atoms with Crippen LogP contribution in [0.15, 0.2) is 71.1 Å². The summed E-state index contributed by atoms with van der Waals surface area (Å²) in [5, 5.41) is 0.744. The fraction of sp³-hybridized carbons (Fsp3) is 0.0455. The first-order chi connectivity index (χ1) is 14.1. The molecule has 0 fully saturated rings. The van der Waals surface area contributed by atoms with Gasteiger partial charge in [0.15, 0.2) is 4.34 Å². The van der Waals surface area contributed by atoms with Crippen LogP contribution < -0.4 is 4.90 Å². The van der Waals surface area contributed by atoms with Crippen LogP contribution in [0.2, 0.25) is 5.02 Å². The van der Waals surface area contributed by atoms with Gasteiger partial charge in [0.05, 0.1) is 27.0 Å².